The van der Waals surface area contributed by atoms with E-state index < -0.39 is 0 Å². The van der Waals surface area contributed by atoms with E-state index in [1.807, 2.05) is 0 Å². The van der Waals surface area contributed by atoms with Crippen LogP contribution in [-0.2, 0) is 0 Å². The zero-order chi connectivity index (χ0) is 13.2. The molecule has 0 atom stereocenters. The lowest BCUT2D eigenvalue weighted by Crippen LogP contribution is -2.27. The van der Waals surface area contributed by atoms with Gasteiger partial charge < -0.3 is 14.7 Å². The zero-order valence-corrected chi connectivity index (χ0v) is 10.9. The van der Waals surface area contributed by atoms with E-state index in [0.717, 1.165) is 32.5 Å². The minimum Gasteiger partial charge on any atom is -0.494 e. The Morgan fingerprint density at radius 2 is 1.83 bits per heavy atom. The molecule has 0 aromatic heterocycles. The first kappa shape index (κ1) is 14.9. The van der Waals surface area contributed by atoms with Gasteiger partial charge in [0.15, 0.2) is 0 Å². The molecule has 1 N–H and O–H groups in total. The number of nitrogens with zero attached hydrogens (tertiary/aromatic N) is 1. The SMILES string of the molecule is CCN(CCCO)CCCOc1ccc(F)cc1. The Labute approximate surface area is 108 Å². The summed E-state index contributed by atoms with van der Waals surface area (Å²) in [7, 11) is 0. The van der Waals surface area contributed by atoms with E-state index in [4.69, 9.17) is 9.84 Å². The average molecular weight is 255 g/mol. The zero-order valence-electron chi connectivity index (χ0n) is 10.9. The molecule has 18 heavy (non-hydrogen) atoms. The van der Waals surface area contributed by atoms with Crippen molar-refractivity contribution >= 4 is 0 Å². The molecule has 0 fully saturated rings. The third kappa shape index (κ3) is 5.98. The van der Waals surface area contributed by atoms with Crippen LogP contribution >= 0.6 is 0 Å². The van der Waals surface area contributed by atoms with Crippen LogP contribution in [0.25, 0.3) is 0 Å². The van der Waals surface area contributed by atoms with Gasteiger partial charge in [-0.05, 0) is 43.7 Å². The Kier molecular flexibility index (Phi) is 7.37. The molecule has 0 heterocycles. The van der Waals surface area contributed by atoms with Gasteiger partial charge in [-0.3, -0.25) is 0 Å². The first-order valence-corrected chi connectivity index (χ1v) is 6.48. The number of benzene rings is 1. The van der Waals surface area contributed by atoms with Gasteiger partial charge in [0.25, 0.3) is 0 Å². The highest BCUT2D eigenvalue weighted by Gasteiger charge is 2.01. The van der Waals surface area contributed by atoms with Gasteiger partial charge in [0.05, 0.1) is 6.61 Å². The third-order valence-corrected chi connectivity index (χ3v) is 2.78. The monoisotopic (exact) mass is 255 g/mol. The molecule has 1 aromatic rings. The Bertz CT molecular complexity index is 316. The van der Waals surface area contributed by atoms with E-state index >= 15 is 0 Å². The molecule has 0 saturated carbocycles. The van der Waals surface area contributed by atoms with Crippen molar-refractivity contribution in [3.05, 3.63) is 30.1 Å². The fourth-order valence-corrected chi connectivity index (χ4v) is 1.73. The average Bonchev–Trinajstić information content (AvgIpc) is 2.40. The molecular formula is C14H22FNO2. The van der Waals surface area contributed by atoms with Crippen LogP contribution in [0, 0.1) is 5.82 Å². The van der Waals surface area contributed by atoms with Crippen molar-refractivity contribution < 1.29 is 14.2 Å². The molecule has 102 valence electrons. The predicted octanol–water partition coefficient (Wildman–Crippen LogP) is 2.30. The summed E-state index contributed by atoms with van der Waals surface area (Å²) in [5.74, 6) is 0.457. The molecule has 1 rings (SSSR count). The standard InChI is InChI=1S/C14H22FNO2/c1-2-16(9-3-11-17)10-4-12-18-14-7-5-13(15)6-8-14/h5-8,17H,2-4,9-12H2,1H3. The molecule has 0 aliphatic rings. The Balaban J connectivity index is 2.15. The first-order chi connectivity index (χ1) is 8.76. The van der Waals surface area contributed by atoms with Gasteiger partial charge in [-0.15, -0.1) is 0 Å². The highest BCUT2D eigenvalue weighted by Crippen LogP contribution is 2.11. The second-order valence-corrected chi connectivity index (χ2v) is 4.17. The maximum atomic E-state index is 12.7. The van der Waals surface area contributed by atoms with Gasteiger partial charge in [0.1, 0.15) is 11.6 Å². The number of aliphatic hydroxyl groups excluding tert-OH is 1. The number of ether oxygens (including phenoxy) is 1. The van der Waals surface area contributed by atoms with Crippen molar-refractivity contribution in [1.29, 1.82) is 0 Å². The smallest absolute Gasteiger partial charge is 0.123 e. The van der Waals surface area contributed by atoms with Crippen LogP contribution in [-0.4, -0.2) is 42.9 Å². The van der Waals surface area contributed by atoms with Gasteiger partial charge in [-0.2, -0.15) is 0 Å². The number of rotatable bonds is 9. The van der Waals surface area contributed by atoms with Crippen LogP contribution in [0.15, 0.2) is 24.3 Å². The van der Waals surface area contributed by atoms with Crippen LogP contribution < -0.4 is 4.74 Å². The summed E-state index contributed by atoms with van der Waals surface area (Å²) in [6, 6.07) is 6.07. The number of hydrogen-bond donors (Lipinski definition) is 1. The van der Waals surface area contributed by atoms with E-state index in [2.05, 4.69) is 11.8 Å². The van der Waals surface area contributed by atoms with E-state index in [1.54, 1.807) is 12.1 Å². The summed E-state index contributed by atoms with van der Waals surface area (Å²) in [5.41, 5.74) is 0. The number of aliphatic hydroxyl groups is 1. The molecule has 0 spiro atoms. The Hall–Kier alpha value is -1.13. The molecule has 0 amide bonds. The lowest BCUT2D eigenvalue weighted by Gasteiger charge is -2.19. The van der Waals surface area contributed by atoms with Crippen LogP contribution in [0.5, 0.6) is 5.75 Å². The Morgan fingerprint density at radius 3 is 2.44 bits per heavy atom. The summed E-state index contributed by atoms with van der Waals surface area (Å²) in [6.45, 7) is 5.83. The van der Waals surface area contributed by atoms with E-state index in [1.165, 1.54) is 12.1 Å². The largest absolute Gasteiger partial charge is 0.494 e. The Morgan fingerprint density at radius 1 is 1.17 bits per heavy atom. The molecular weight excluding hydrogens is 233 g/mol. The topological polar surface area (TPSA) is 32.7 Å². The van der Waals surface area contributed by atoms with Crippen molar-refractivity contribution in [3.63, 3.8) is 0 Å². The fourth-order valence-electron chi connectivity index (χ4n) is 1.73. The van der Waals surface area contributed by atoms with Crippen molar-refractivity contribution in [2.24, 2.45) is 0 Å². The fraction of sp³-hybridized carbons (Fsp3) is 0.571. The van der Waals surface area contributed by atoms with Crippen molar-refractivity contribution in [3.8, 4) is 5.75 Å². The normalized spacial score (nSPS) is 10.9. The molecule has 3 nitrogen and oxygen atoms in total. The quantitative estimate of drug-likeness (QED) is 0.687. The van der Waals surface area contributed by atoms with Crippen LogP contribution in [0.1, 0.15) is 19.8 Å². The maximum absolute atomic E-state index is 12.7. The first-order valence-electron chi connectivity index (χ1n) is 6.48. The molecule has 0 radical (unpaired) electrons. The molecule has 1 aromatic carbocycles. The van der Waals surface area contributed by atoms with Crippen LogP contribution in [0.3, 0.4) is 0 Å². The molecule has 4 heteroatoms. The lowest BCUT2D eigenvalue weighted by atomic mass is 10.3. The van der Waals surface area contributed by atoms with Crippen molar-refractivity contribution in [2.75, 3.05) is 32.8 Å². The molecule has 0 saturated heterocycles. The summed E-state index contributed by atoms with van der Waals surface area (Å²) in [5, 5.41) is 8.77. The lowest BCUT2D eigenvalue weighted by molar-refractivity contribution is 0.213. The second-order valence-electron chi connectivity index (χ2n) is 4.17. The van der Waals surface area contributed by atoms with Gasteiger partial charge in [0, 0.05) is 19.7 Å². The summed E-state index contributed by atoms with van der Waals surface area (Å²) < 4.78 is 18.2. The van der Waals surface area contributed by atoms with Crippen LogP contribution in [0.2, 0.25) is 0 Å². The van der Waals surface area contributed by atoms with Crippen LogP contribution in [0.4, 0.5) is 4.39 Å². The van der Waals surface area contributed by atoms with E-state index in [0.29, 0.717) is 12.4 Å². The van der Waals surface area contributed by atoms with Gasteiger partial charge in [-0.1, -0.05) is 6.92 Å². The maximum Gasteiger partial charge on any atom is 0.123 e. The highest BCUT2D eigenvalue weighted by molar-refractivity contribution is 5.21. The third-order valence-electron chi connectivity index (χ3n) is 2.78. The molecule has 0 bridgehead atoms. The van der Waals surface area contributed by atoms with E-state index in [-0.39, 0.29) is 12.4 Å². The molecule has 0 aliphatic carbocycles. The van der Waals surface area contributed by atoms with Gasteiger partial charge >= 0.3 is 0 Å². The minimum absolute atomic E-state index is 0.239. The van der Waals surface area contributed by atoms with E-state index in [9.17, 15) is 4.39 Å². The summed E-state index contributed by atoms with van der Waals surface area (Å²) in [6.07, 6.45) is 1.74. The number of hydrogen-bond acceptors (Lipinski definition) is 3. The van der Waals surface area contributed by atoms with Gasteiger partial charge in [0.2, 0.25) is 0 Å². The highest BCUT2D eigenvalue weighted by atomic mass is 19.1. The van der Waals surface area contributed by atoms with Crippen molar-refractivity contribution in [1.82, 2.24) is 4.90 Å². The van der Waals surface area contributed by atoms with Gasteiger partial charge in [-0.25, -0.2) is 4.39 Å². The summed E-state index contributed by atoms with van der Waals surface area (Å²) >= 11 is 0. The summed E-state index contributed by atoms with van der Waals surface area (Å²) in [4.78, 5) is 2.28. The molecule has 0 unspecified atom stereocenters. The second kappa shape index (κ2) is 8.89. The predicted molar refractivity (Wildman–Crippen MR) is 70.3 cm³/mol. The minimum atomic E-state index is -0.247. The van der Waals surface area contributed by atoms with Crippen molar-refractivity contribution in [2.45, 2.75) is 19.8 Å². The number of halogens is 1. The molecule has 0 aliphatic heterocycles.